The summed E-state index contributed by atoms with van der Waals surface area (Å²) in [6.45, 7) is 1.26. The minimum Gasteiger partial charge on any atom is -0.481 e. The van der Waals surface area contributed by atoms with E-state index in [0.717, 1.165) is 6.07 Å². The fraction of sp³-hybridized carbons (Fsp3) is 0.385. The Balaban J connectivity index is 2.15. The molecular weight excluding hydrogens is 275 g/mol. The number of nitrogens with one attached hydrogen (secondary N) is 1. The Hall–Kier alpha value is -2.05. The van der Waals surface area contributed by atoms with Crippen LogP contribution in [-0.2, 0) is 15.8 Å². The molecule has 2 atom stereocenters. The van der Waals surface area contributed by atoms with E-state index < -0.39 is 35.5 Å². The first-order valence-electron chi connectivity index (χ1n) is 5.92. The molecule has 0 aliphatic heterocycles. The Morgan fingerprint density at radius 1 is 1.30 bits per heavy atom. The zero-order chi connectivity index (χ0) is 15.1. The van der Waals surface area contributed by atoms with Crippen molar-refractivity contribution in [3.8, 4) is 0 Å². The molecule has 0 unspecified atom stereocenters. The van der Waals surface area contributed by atoms with Crippen LogP contribution < -0.4 is 5.32 Å². The summed E-state index contributed by atoms with van der Waals surface area (Å²) < 4.78 is 38.1. The molecule has 0 bridgehead atoms. The highest BCUT2D eigenvalue weighted by atomic mass is 19.4. The maximum Gasteiger partial charge on any atom is 0.416 e. The molecular formula is C13H12F3NO3. The molecule has 20 heavy (non-hydrogen) atoms. The van der Waals surface area contributed by atoms with Crippen molar-refractivity contribution < 1.29 is 27.9 Å². The number of halogens is 3. The standard InChI is InChI=1S/C13H12F3NO3/c1-6-9(13(14,15)16)3-2-4-10(6)17-11(18)7-5-8(7)12(19)20/h2-4,7-8H,5H2,1H3,(H,17,18)(H,19,20)/t7-,8+/m0/s1. The van der Waals surface area contributed by atoms with Crippen molar-refractivity contribution in [2.45, 2.75) is 19.5 Å². The number of amides is 1. The minimum absolute atomic E-state index is 0.0564. The predicted molar refractivity (Wildman–Crippen MR) is 64.0 cm³/mol. The number of alkyl halides is 3. The fourth-order valence-corrected chi connectivity index (χ4v) is 2.06. The van der Waals surface area contributed by atoms with Crippen LogP contribution in [0.15, 0.2) is 18.2 Å². The van der Waals surface area contributed by atoms with E-state index in [1.807, 2.05) is 0 Å². The molecule has 0 aromatic heterocycles. The molecule has 7 heteroatoms. The van der Waals surface area contributed by atoms with Gasteiger partial charge in [0, 0.05) is 5.69 Å². The molecule has 0 radical (unpaired) electrons. The molecule has 1 saturated carbocycles. The molecule has 0 saturated heterocycles. The molecule has 0 heterocycles. The van der Waals surface area contributed by atoms with E-state index in [2.05, 4.69) is 5.32 Å². The van der Waals surface area contributed by atoms with E-state index in [-0.39, 0.29) is 17.7 Å². The van der Waals surface area contributed by atoms with Gasteiger partial charge in [0.25, 0.3) is 0 Å². The van der Waals surface area contributed by atoms with Gasteiger partial charge in [-0.2, -0.15) is 13.2 Å². The van der Waals surface area contributed by atoms with Crippen molar-refractivity contribution in [1.29, 1.82) is 0 Å². The lowest BCUT2D eigenvalue weighted by atomic mass is 10.1. The van der Waals surface area contributed by atoms with E-state index in [0.29, 0.717) is 0 Å². The van der Waals surface area contributed by atoms with Crippen LogP contribution in [0.3, 0.4) is 0 Å². The van der Waals surface area contributed by atoms with Gasteiger partial charge < -0.3 is 10.4 Å². The number of carboxylic acid groups (broad SMARTS) is 1. The Morgan fingerprint density at radius 3 is 2.45 bits per heavy atom. The van der Waals surface area contributed by atoms with Crippen molar-refractivity contribution in [2.24, 2.45) is 11.8 Å². The molecule has 1 amide bonds. The van der Waals surface area contributed by atoms with Crippen molar-refractivity contribution in [3.05, 3.63) is 29.3 Å². The van der Waals surface area contributed by atoms with Crippen LogP contribution in [-0.4, -0.2) is 17.0 Å². The smallest absolute Gasteiger partial charge is 0.416 e. The Morgan fingerprint density at radius 2 is 1.95 bits per heavy atom. The van der Waals surface area contributed by atoms with E-state index in [9.17, 15) is 22.8 Å². The van der Waals surface area contributed by atoms with Crippen LogP contribution in [0.25, 0.3) is 0 Å². The van der Waals surface area contributed by atoms with Gasteiger partial charge in [-0.05, 0) is 31.0 Å². The largest absolute Gasteiger partial charge is 0.481 e. The normalized spacial score (nSPS) is 21.4. The lowest BCUT2D eigenvalue weighted by Crippen LogP contribution is -2.18. The summed E-state index contributed by atoms with van der Waals surface area (Å²) in [4.78, 5) is 22.4. The van der Waals surface area contributed by atoms with Crippen LogP contribution in [0.2, 0.25) is 0 Å². The number of carbonyl (C=O) groups excluding carboxylic acids is 1. The number of anilines is 1. The van der Waals surface area contributed by atoms with E-state index in [1.165, 1.54) is 19.1 Å². The zero-order valence-corrected chi connectivity index (χ0v) is 10.5. The van der Waals surface area contributed by atoms with Crippen LogP contribution in [0, 0.1) is 18.8 Å². The number of carbonyl (C=O) groups is 2. The fourth-order valence-electron chi connectivity index (χ4n) is 2.06. The first-order valence-corrected chi connectivity index (χ1v) is 5.92. The van der Waals surface area contributed by atoms with Gasteiger partial charge in [0.05, 0.1) is 17.4 Å². The summed E-state index contributed by atoms with van der Waals surface area (Å²) in [7, 11) is 0. The van der Waals surface area contributed by atoms with E-state index >= 15 is 0 Å². The van der Waals surface area contributed by atoms with Gasteiger partial charge in [0.2, 0.25) is 5.91 Å². The first kappa shape index (κ1) is 14.4. The highest BCUT2D eigenvalue weighted by Crippen LogP contribution is 2.40. The Kier molecular flexibility index (Phi) is 3.45. The quantitative estimate of drug-likeness (QED) is 0.898. The highest BCUT2D eigenvalue weighted by Gasteiger charge is 2.48. The maximum atomic E-state index is 12.7. The van der Waals surface area contributed by atoms with Crippen molar-refractivity contribution >= 4 is 17.6 Å². The third kappa shape index (κ3) is 2.76. The summed E-state index contributed by atoms with van der Waals surface area (Å²) >= 11 is 0. The number of aliphatic carboxylic acids is 1. The second-order valence-corrected chi connectivity index (χ2v) is 4.75. The van der Waals surface area contributed by atoms with Gasteiger partial charge >= 0.3 is 12.1 Å². The Bertz CT molecular complexity index is 568. The molecule has 1 fully saturated rings. The SMILES string of the molecule is Cc1c(NC(=O)[C@H]2C[C@H]2C(=O)O)cccc1C(F)(F)F. The number of rotatable bonds is 3. The Labute approximate surface area is 112 Å². The topological polar surface area (TPSA) is 66.4 Å². The first-order chi connectivity index (χ1) is 9.21. The van der Waals surface area contributed by atoms with Gasteiger partial charge in [-0.15, -0.1) is 0 Å². The second-order valence-electron chi connectivity index (χ2n) is 4.75. The third-order valence-corrected chi connectivity index (χ3v) is 3.34. The maximum absolute atomic E-state index is 12.7. The average Bonchev–Trinajstić information content (AvgIpc) is 3.10. The zero-order valence-electron chi connectivity index (χ0n) is 10.5. The number of hydrogen-bond donors (Lipinski definition) is 2. The molecule has 2 rings (SSSR count). The summed E-state index contributed by atoms with van der Waals surface area (Å²) in [6.07, 6.45) is -4.27. The van der Waals surface area contributed by atoms with Crippen molar-refractivity contribution in [2.75, 3.05) is 5.32 Å². The molecule has 2 N–H and O–H groups in total. The molecule has 1 aliphatic carbocycles. The molecule has 1 aromatic carbocycles. The summed E-state index contributed by atoms with van der Waals surface area (Å²) in [5, 5.41) is 11.1. The lowest BCUT2D eigenvalue weighted by molar-refractivity contribution is -0.140. The van der Waals surface area contributed by atoms with Crippen LogP contribution >= 0.6 is 0 Å². The predicted octanol–water partition coefficient (Wildman–Crippen LogP) is 2.67. The second kappa shape index (κ2) is 4.81. The summed E-state index contributed by atoms with van der Waals surface area (Å²) in [6, 6.07) is 3.50. The van der Waals surface area contributed by atoms with Gasteiger partial charge in [0.15, 0.2) is 0 Å². The van der Waals surface area contributed by atoms with E-state index in [1.54, 1.807) is 0 Å². The summed E-state index contributed by atoms with van der Waals surface area (Å²) in [5.74, 6) is -3.02. The van der Waals surface area contributed by atoms with Gasteiger partial charge in [0.1, 0.15) is 0 Å². The molecule has 1 aliphatic rings. The molecule has 108 valence electrons. The van der Waals surface area contributed by atoms with Crippen molar-refractivity contribution in [3.63, 3.8) is 0 Å². The van der Waals surface area contributed by atoms with Crippen LogP contribution in [0.4, 0.5) is 18.9 Å². The van der Waals surface area contributed by atoms with Gasteiger partial charge in [-0.3, -0.25) is 9.59 Å². The number of carboxylic acids is 1. The molecule has 4 nitrogen and oxygen atoms in total. The third-order valence-electron chi connectivity index (χ3n) is 3.34. The summed E-state index contributed by atoms with van der Waals surface area (Å²) in [5.41, 5.74) is -0.845. The highest BCUT2D eigenvalue weighted by molar-refractivity contribution is 5.98. The monoisotopic (exact) mass is 287 g/mol. The average molecular weight is 287 g/mol. The van der Waals surface area contributed by atoms with Gasteiger partial charge in [-0.25, -0.2) is 0 Å². The molecule has 0 spiro atoms. The number of hydrogen-bond acceptors (Lipinski definition) is 2. The van der Waals surface area contributed by atoms with E-state index in [4.69, 9.17) is 5.11 Å². The van der Waals surface area contributed by atoms with Crippen LogP contribution in [0.1, 0.15) is 17.5 Å². The van der Waals surface area contributed by atoms with Crippen LogP contribution in [0.5, 0.6) is 0 Å². The molecule has 1 aromatic rings. The van der Waals surface area contributed by atoms with Gasteiger partial charge in [-0.1, -0.05) is 6.07 Å². The van der Waals surface area contributed by atoms with Crippen molar-refractivity contribution in [1.82, 2.24) is 0 Å². The number of benzene rings is 1. The lowest BCUT2D eigenvalue weighted by Gasteiger charge is -2.14. The minimum atomic E-state index is -4.49.